The second kappa shape index (κ2) is 13.3. The van der Waals surface area contributed by atoms with Crippen molar-refractivity contribution in [1.29, 1.82) is 0 Å². The van der Waals surface area contributed by atoms with Gasteiger partial charge in [0, 0.05) is 17.7 Å². The van der Waals surface area contributed by atoms with Crippen LogP contribution < -0.4 is 4.74 Å². The lowest BCUT2D eigenvalue weighted by Gasteiger charge is -2.37. The van der Waals surface area contributed by atoms with Gasteiger partial charge in [-0.3, -0.25) is 4.39 Å². The molecule has 0 bridgehead atoms. The SMILES string of the molecule is COc1cc(F)cc(F)c1CCC1CCC([C@H]2CC[C@H](/C=C/CCCCCF)CC2)CC1. The van der Waals surface area contributed by atoms with Gasteiger partial charge in [-0.25, -0.2) is 8.78 Å². The molecule has 180 valence electrons. The molecule has 0 spiro atoms. The highest BCUT2D eigenvalue weighted by molar-refractivity contribution is 5.35. The van der Waals surface area contributed by atoms with Crippen molar-refractivity contribution in [1.82, 2.24) is 0 Å². The fourth-order valence-electron chi connectivity index (χ4n) is 5.93. The number of benzene rings is 1. The van der Waals surface area contributed by atoms with Crippen molar-refractivity contribution >= 4 is 0 Å². The third-order valence-electron chi connectivity index (χ3n) is 7.93. The molecule has 2 saturated carbocycles. The number of unbranched alkanes of at least 4 members (excludes halogenated alkanes) is 3. The second-order valence-corrected chi connectivity index (χ2v) is 10.0. The Balaban J connectivity index is 1.35. The molecule has 0 aromatic heterocycles. The number of methoxy groups -OCH3 is 1. The zero-order chi connectivity index (χ0) is 22.8. The standard InChI is InChI=1S/C28H41F3O/c1-32-28-20-25(30)19-27(31)26(28)17-12-22-10-15-24(16-11-22)23-13-8-21(9-14-23)7-5-3-2-4-6-18-29/h5,7,19-24H,2-4,6,8-18H2,1H3/b7-5+/t21-,22?,23-,24?. The highest BCUT2D eigenvalue weighted by atomic mass is 19.1. The van der Waals surface area contributed by atoms with E-state index in [0.29, 0.717) is 30.1 Å². The number of halogens is 3. The van der Waals surface area contributed by atoms with E-state index in [1.165, 1.54) is 64.5 Å². The maximum absolute atomic E-state index is 14.2. The Morgan fingerprint density at radius 3 is 2.25 bits per heavy atom. The molecule has 0 atom stereocenters. The lowest BCUT2D eigenvalue weighted by Crippen LogP contribution is -2.25. The van der Waals surface area contributed by atoms with E-state index in [1.54, 1.807) is 0 Å². The molecule has 3 rings (SSSR count). The van der Waals surface area contributed by atoms with Crippen LogP contribution in [0.2, 0.25) is 0 Å². The van der Waals surface area contributed by atoms with Crippen LogP contribution in [0.5, 0.6) is 5.75 Å². The smallest absolute Gasteiger partial charge is 0.133 e. The van der Waals surface area contributed by atoms with Gasteiger partial charge in [0.2, 0.25) is 0 Å². The van der Waals surface area contributed by atoms with Gasteiger partial charge in [-0.2, -0.15) is 0 Å². The Hall–Kier alpha value is -1.45. The average molecular weight is 451 g/mol. The summed E-state index contributed by atoms with van der Waals surface area (Å²) in [5, 5.41) is 0. The molecule has 2 fully saturated rings. The van der Waals surface area contributed by atoms with Crippen molar-refractivity contribution < 1.29 is 17.9 Å². The van der Waals surface area contributed by atoms with E-state index < -0.39 is 11.6 Å². The van der Waals surface area contributed by atoms with E-state index in [2.05, 4.69) is 12.2 Å². The van der Waals surface area contributed by atoms with Crippen LogP contribution in [-0.4, -0.2) is 13.8 Å². The summed E-state index contributed by atoms with van der Waals surface area (Å²) in [4.78, 5) is 0. The minimum Gasteiger partial charge on any atom is -0.496 e. The largest absolute Gasteiger partial charge is 0.496 e. The van der Waals surface area contributed by atoms with Crippen molar-refractivity contribution in [2.24, 2.45) is 23.7 Å². The monoisotopic (exact) mass is 450 g/mol. The Bertz CT molecular complexity index is 701. The first-order valence-electron chi connectivity index (χ1n) is 12.8. The maximum Gasteiger partial charge on any atom is 0.133 e. The van der Waals surface area contributed by atoms with Crippen molar-refractivity contribution in [3.63, 3.8) is 0 Å². The van der Waals surface area contributed by atoms with Gasteiger partial charge in [-0.15, -0.1) is 0 Å². The minimum absolute atomic E-state index is 0.183. The van der Waals surface area contributed by atoms with E-state index in [9.17, 15) is 13.2 Å². The topological polar surface area (TPSA) is 9.23 Å². The van der Waals surface area contributed by atoms with E-state index in [0.717, 1.165) is 49.5 Å². The summed E-state index contributed by atoms with van der Waals surface area (Å²) in [6.45, 7) is -0.183. The van der Waals surface area contributed by atoms with Crippen LogP contribution in [0.3, 0.4) is 0 Å². The van der Waals surface area contributed by atoms with Crippen LogP contribution in [0.4, 0.5) is 13.2 Å². The molecule has 0 N–H and O–H groups in total. The number of ether oxygens (including phenoxy) is 1. The van der Waals surface area contributed by atoms with E-state index in [-0.39, 0.29) is 6.67 Å². The molecule has 0 saturated heterocycles. The number of alkyl halides is 1. The van der Waals surface area contributed by atoms with Gasteiger partial charge < -0.3 is 4.74 Å². The number of allylic oxidation sites excluding steroid dienone is 2. The molecule has 0 aliphatic heterocycles. The molecular weight excluding hydrogens is 409 g/mol. The molecule has 2 aliphatic rings. The van der Waals surface area contributed by atoms with Gasteiger partial charge in [-0.1, -0.05) is 31.4 Å². The molecular formula is C28H41F3O. The first-order chi connectivity index (χ1) is 15.6. The third-order valence-corrected chi connectivity index (χ3v) is 7.93. The van der Waals surface area contributed by atoms with Crippen molar-refractivity contribution in [3.8, 4) is 5.75 Å². The molecule has 0 amide bonds. The van der Waals surface area contributed by atoms with Crippen LogP contribution in [0.25, 0.3) is 0 Å². The summed E-state index contributed by atoms with van der Waals surface area (Å²) in [5.74, 6) is 2.38. The van der Waals surface area contributed by atoms with Crippen LogP contribution in [0.1, 0.15) is 89.0 Å². The van der Waals surface area contributed by atoms with Crippen molar-refractivity contribution in [3.05, 3.63) is 41.5 Å². The number of hydrogen-bond acceptors (Lipinski definition) is 1. The highest BCUT2D eigenvalue weighted by Crippen LogP contribution is 2.42. The highest BCUT2D eigenvalue weighted by Gasteiger charge is 2.30. The summed E-state index contributed by atoms with van der Waals surface area (Å²) in [6.07, 6.45) is 20.6. The van der Waals surface area contributed by atoms with Gasteiger partial charge in [0.05, 0.1) is 13.8 Å². The zero-order valence-electron chi connectivity index (χ0n) is 19.8. The summed E-state index contributed by atoms with van der Waals surface area (Å²) in [6, 6.07) is 2.25. The lowest BCUT2D eigenvalue weighted by atomic mass is 9.68. The summed E-state index contributed by atoms with van der Waals surface area (Å²) < 4.78 is 44.9. The van der Waals surface area contributed by atoms with E-state index in [1.807, 2.05) is 0 Å². The molecule has 2 aliphatic carbocycles. The fourth-order valence-corrected chi connectivity index (χ4v) is 5.93. The lowest BCUT2D eigenvalue weighted by molar-refractivity contribution is 0.152. The molecule has 1 aromatic carbocycles. The Labute approximate surface area is 192 Å². The molecule has 0 unspecified atom stereocenters. The van der Waals surface area contributed by atoms with E-state index in [4.69, 9.17) is 4.74 Å². The molecule has 0 radical (unpaired) electrons. The van der Waals surface area contributed by atoms with Crippen LogP contribution in [0, 0.1) is 35.3 Å². The van der Waals surface area contributed by atoms with Crippen LogP contribution in [0.15, 0.2) is 24.3 Å². The first-order valence-corrected chi connectivity index (χ1v) is 12.8. The maximum atomic E-state index is 14.2. The number of hydrogen-bond donors (Lipinski definition) is 0. The van der Waals surface area contributed by atoms with E-state index >= 15 is 0 Å². The number of rotatable bonds is 11. The fraction of sp³-hybridized carbons (Fsp3) is 0.714. The van der Waals surface area contributed by atoms with Crippen molar-refractivity contribution in [2.45, 2.75) is 89.9 Å². The molecule has 1 nitrogen and oxygen atoms in total. The molecule has 4 heteroatoms. The van der Waals surface area contributed by atoms with Crippen LogP contribution >= 0.6 is 0 Å². The van der Waals surface area contributed by atoms with Crippen molar-refractivity contribution in [2.75, 3.05) is 13.8 Å². The van der Waals surface area contributed by atoms with Gasteiger partial charge in [0.1, 0.15) is 17.4 Å². The normalized spacial score (nSPS) is 26.5. The first kappa shape index (κ1) is 25.2. The second-order valence-electron chi connectivity index (χ2n) is 10.0. The zero-order valence-corrected chi connectivity index (χ0v) is 19.8. The van der Waals surface area contributed by atoms with Gasteiger partial charge in [0.15, 0.2) is 0 Å². The average Bonchev–Trinajstić information content (AvgIpc) is 2.81. The Morgan fingerprint density at radius 1 is 0.906 bits per heavy atom. The van der Waals surface area contributed by atoms with Gasteiger partial charge in [0.25, 0.3) is 0 Å². The minimum atomic E-state index is -0.581. The Kier molecular flexibility index (Phi) is 10.5. The summed E-state index contributed by atoms with van der Waals surface area (Å²) in [5.41, 5.74) is 0.518. The van der Waals surface area contributed by atoms with Crippen LogP contribution in [-0.2, 0) is 6.42 Å². The quantitative estimate of drug-likeness (QED) is 0.242. The summed E-state index contributed by atoms with van der Waals surface area (Å²) >= 11 is 0. The predicted molar refractivity (Wildman–Crippen MR) is 126 cm³/mol. The third kappa shape index (κ3) is 7.56. The van der Waals surface area contributed by atoms with Gasteiger partial charge in [-0.05, 0) is 94.3 Å². The Morgan fingerprint density at radius 2 is 1.59 bits per heavy atom. The molecule has 32 heavy (non-hydrogen) atoms. The summed E-state index contributed by atoms with van der Waals surface area (Å²) in [7, 11) is 1.47. The molecule has 0 heterocycles. The van der Waals surface area contributed by atoms with Gasteiger partial charge >= 0.3 is 0 Å². The molecule has 1 aromatic rings. The predicted octanol–water partition coefficient (Wildman–Crippen LogP) is 8.60.